The largest absolute Gasteiger partial charge is 0.455 e. The smallest absolute Gasteiger partial charge is 0.289 e. The highest BCUT2D eigenvalue weighted by Crippen LogP contribution is 2.25. The van der Waals surface area contributed by atoms with Gasteiger partial charge in [0.15, 0.2) is 10.9 Å². The first-order valence-electron chi connectivity index (χ1n) is 10.7. The molecular weight excluding hydrogens is 429 g/mol. The molecule has 1 amide bonds. The van der Waals surface area contributed by atoms with Crippen LogP contribution in [0.1, 0.15) is 47.2 Å². The monoisotopic (exact) mass is 457 g/mol. The third-order valence-electron chi connectivity index (χ3n) is 5.64. The standard InChI is InChI=1S/C23H28FN5O2S/c1-28(12-3-4-18-14-20(27-26-18)16-5-7-17(24)8-6-16)22(30)21-10-9-19(31-21)15-32-23-25-11-13-29(23)2/h5-11,13,18,20,26-27H,3-4,12,14-15H2,1-2H3. The molecule has 4 rings (SSSR count). The minimum atomic E-state index is -0.223. The van der Waals surface area contributed by atoms with Crippen LogP contribution < -0.4 is 10.9 Å². The number of halogens is 1. The Morgan fingerprint density at radius 1 is 1.28 bits per heavy atom. The fraction of sp³-hybridized carbons (Fsp3) is 0.391. The van der Waals surface area contributed by atoms with Gasteiger partial charge in [-0.3, -0.25) is 15.6 Å². The Hall–Kier alpha value is -2.62. The first-order valence-corrected chi connectivity index (χ1v) is 11.7. The highest BCUT2D eigenvalue weighted by atomic mass is 32.2. The van der Waals surface area contributed by atoms with E-state index in [9.17, 15) is 9.18 Å². The summed E-state index contributed by atoms with van der Waals surface area (Å²) in [6, 6.07) is 10.7. The fourth-order valence-electron chi connectivity index (χ4n) is 3.79. The third-order valence-corrected chi connectivity index (χ3v) is 6.72. The summed E-state index contributed by atoms with van der Waals surface area (Å²) >= 11 is 1.57. The van der Waals surface area contributed by atoms with Crippen molar-refractivity contribution in [1.82, 2.24) is 25.3 Å². The van der Waals surface area contributed by atoms with Crippen molar-refractivity contribution in [3.8, 4) is 0 Å². The number of furan rings is 1. The normalized spacial score (nSPS) is 18.2. The highest BCUT2D eigenvalue weighted by Gasteiger charge is 2.25. The maximum Gasteiger partial charge on any atom is 0.289 e. The summed E-state index contributed by atoms with van der Waals surface area (Å²) in [5.74, 6) is 1.40. The van der Waals surface area contributed by atoms with Crippen molar-refractivity contribution in [2.75, 3.05) is 13.6 Å². The Balaban J connectivity index is 1.19. The quantitative estimate of drug-likeness (QED) is 0.475. The average Bonchev–Trinajstić information content (AvgIpc) is 3.53. The maximum atomic E-state index is 13.1. The summed E-state index contributed by atoms with van der Waals surface area (Å²) in [4.78, 5) is 18.7. The van der Waals surface area contributed by atoms with Crippen molar-refractivity contribution in [3.63, 3.8) is 0 Å². The molecule has 1 fully saturated rings. The van der Waals surface area contributed by atoms with E-state index in [-0.39, 0.29) is 17.8 Å². The van der Waals surface area contributed by atoms with Gasteiger partial charge in [-0.25, -0.2) is 9.37 Å². The van der Waals surface area contributed by atoms with Crippen LogP contribution in [0.3, 0.4) is 0 Å². The van der Waals surface area contributed by atoms with Crippen LogP contribution in [0.5, 0.6) is 0 Å². The van der Waals surface area contributed by atoms with Crippen molar-refractivity contribution >= 4 is 17.7 Å². The first kappa shape index (κ1) is 22.6. The Morgan fingerprint density at radius 3 is 2.84 bits per heavy atom. The highest BCUT2D eigenvalue weighted by molar-refractivity contribution is 7.98. The van der Waals surface area contributed by atoms with Crippen molar-refractivity contribution in [3.05, 3.63) is 71.7 Å². The van der Waals surface area contributed by atoms with Crippen molar-refractivity contribution < 1.29 is 13.6 Å². The SMILES string of the molecule is CN(CCCC1CC(c2ccc(F)cc2)NN1)C(=O)c1ccc(CSc2nccn2C)o1. The van der Waals surface area contributed by atoms with Gasteiger partial charge in [-0.05, 0) is 49.1 Å². The molecule has 2 N–H and O–H groups in total. The zero-order chi connectivity index (χ0) is 22.5. The van der Waals surface area contributed by atoms with E-state index >= 15 is 0 Å². The van der Waals surface area contributed by atoms with E-state index < -0.39 is 0 Å². The molecule has 1 aromatic carbocycles. The summed E-state index contributed by atoms with van der Waals surface area (Å²) in [6.07, 6.45) is 6.40. The molecule has 1 aliphatic rings. The topological polar surface area (TPSA) is 75.3 Å². The molecule has 0 bridgehead atoms. The number of hydrogen-bond acceptors (Lipinski definition) is 6. The number of carbonyl (C=O) groups is 1. The van der Waals surface area contributed by atoms with Crippen LogP contribution in [0.2, 0.25) is 0 Å². The molecule has 0 radical (unpaired) electrons. The second kappa shape index (κ2) is 10.3. The van der Waals surface area contributed by atoms with Crippen LogP contribution in [-0.2, 0) is 12.8 Å². The predicted molar refractivity (Wildman–Crippen MR) is 121 cm³/mol. The number of hydrogen-bond donors (Lipinski definition) is 2. The summed E-state index contributed by atoms with van der Waals surface area (Å²) in [6.45, 7) is 0.649. The molecule has 9 heteroatoms. The van der Waals surface area contributed by atoms with Crippen LogP contribution in [-0.4, -0.2) is 40.0 Å². The van der Waals surface area contributed by atoms with Gasteiger partial charge in [-0.15, -0.1) is 0 Å². The lowest BCUT2D eigenvalue weighted by molar-refractivity contribution is 0.0758. The van der Waals surface area contributed by atoms with E-state index in [1.807, 2.05) is 36.0 Å². The molecule has 7 nitrogen and oxygen atoms in total. The van der Waals surface area contributed by atoms with E-state index in [1.165, 1.54) is 12.1 Å². The molecule has 3 aromatic rings. The van der Waals surface area contributed by atoms with Gasteiger partial charge in [0.25, 0.3) is 5.91 Å². The first-order chi connectivity index (χ1) is 15.5. The molecular formula is C23H28FN5O2S. The van der Waals surface area contributed by atoms with Crippen LogP contribution in [0.25, 0.3) is 0 Å². The molecule has 3 heterocycles. The number of rotatable bonds is 9. The van der Waals surface area contributed by atoms with Gasteiger partial charge in [-0.1, -0.05) is 23.9 Å². The van der Waals surface area contributed by atoms with Crippen molar-refractivity contribution in [2.45, 2.75) is 42.3 Å². The molecule has 2 atom stereocenters. The number of imidazole rings is 1. The van der Waals surface area contributed by atoms with Crippen LogP contribution in [0.15, 0.2) is 58.4 Å². The molecule has 1 aliphatic heterocycles. The predicted octanol–water partition coefficient (Wildman–Crippen LogP) is 3.90. The molecule has 2 aromatic heterocycles. The number of amides is 1. The fourth-order valence-corrected chi connectivity index (χ4v) is 4.61. The van der Waals surface area contributed by atoms with Gasteiger partial charge in [-0.2, -0.15) is 0 Å². The van der Waals surface area contributed by atoms with Gasteiger partial charge in [0.05, 0.1) is 5.75 Å². The van der Waals surface area contributed by atoms with E-state index in [0.717, 1.165) is 35.7 Å². The maximum absolute atomic E-state index is 13.1. The lowest BCUT2D eigenvalue weighted by atomic mass is 9.99. The molecule has 0 aliphatic carbocycles. The minimum absolute atomic E-state index is 0.111. The Kier molecular flexibility index (Phi) is 7.29. The van der Waals surface area contributed by atoms with E-state index in [0.29, 0.717) is 24.1 Å². The van der Waals surface area contributed by atoms with Crippen molar-refractivity contribution in [1.29, 1.82) is 0 Å². The average molecular weight is 458 g/mol. The molecule has 32 heavy (non-hydrogen) atoms. The van der Waals surface area contributed by atoms with Crippen LogP contribution >= 0.6 is 11.8 Å². The van der Waals surface area contributed by atoms with E-state index in [1.54, 1.807) is 36.0 Å². The third kappa shape index (κ3) is 5.59. The number of hydrazine groups is 1. The zero-order valence-corrected chi connectivity index (χ0v) is 19.1. The number of aryl methyl sites for hydroxylation is 1. The molecule has 0 spiro atoms. The van der Waals surface area contributed by atoms with Gasteiger partial charge in [0.1, 0.15) is 11.6 Å². The lowest BCUT2D eigenvalue weighted by Gasteiger charge is -2.17. The van der Waals surface area contributed by atoms with Crippen LogP contribution in [0, 0.1) is 5.82 Å². The number of nitrogens with one attached hydrogen (secondary N) is 2. The second-order valence-electron chi connectivity index (χ2n) is 8.07. The second-order valence-corrected chi connectivity index (χ2v) is 9.01. The van der Waals surface area contributed by atoms with Crippen LogP contribution in [0.4, 0.5) is 4.39 Å². The molecule has 170 valence electrons. The Bertz CT molecular complexity index is 1040. The van der Waals surface area contributed by atoms with Gasteiger partial charge in [0.2, 0.25) is 0 Å². The zero-order valence-electron chi connectivity index (χ0n) is 18.3. The van der Waals surface area contributed by atoms with Crippen molar-refractivity contribution in [2.24, 2.45) is 7.05 Å². The number of carbonyl (C=O) groups excluding carboxylic acids is 1. The number of nitrogens with zero attached hydrogens (tertiary/aromatic N) is 3. The molecule has 2 unspecified atom stereocenters. The Labute approximate surface area is 191 Å². The molecule has 0 saturated carbocycles. The van der Waals surface area contributed by atoms with Gasteiger partial charge < -0.3 is 13.9 Å². The minimum Gasteiger partial charge on any atom is -0.455 e. The summed E-state index contributed by atoms with van der Waals surface area (Å²) in [5, 5.41) is 0.906. The summed E-state index contributed by atoms with van der Waals surface area (Å²) in [7, 11) is 3.75. The Morgan fingerprint density at radius 2 is 2.09 bits per heavy atom. The lowest BCUT2D eigenvalue weighted by Crippen LogP contribution is -2.32. The molecule has 1 saturated heterocycles. The summed E-state index contributed by atoms with van der Waals surface area (Å²) in [5.41, 5.74) is 7.67. The van der Waals surface area contributed by atoms with Gasteiger partial charge in [0, 0.05) is 45.1 Å². The van der Waals surface area contributed by atoms with E-state index in [2.05, 4.69) is 15.8 Å². The number of benzene rings is 1. The summed E-state index contributed by atoms with van der Waals surface area (Å²) < 4.78 is 20.8. The van der Waals surface area contributed by atoms with Gasteiger partial charge >= 0.3 is 0 Å². The number of thioether (sulfide) groups is 1. The number of aromatic nitrogens is 2. The van der Waals surface area contributed by atoms with E-state index in [4.69, 9.17) is 4.42 Å².